The van der Waals surface area contributed by atoms with E-state index in [0.29, 0.717) is 6.04 Å². The van der Waals surface area contributed by atoms with Crippen LogP contribution in [0.3, 0.4) is 0 Å². The van der Waals surface area contributed by atoms with E-state index in [9.17, 15) is 0 Å². The first-order chi connectivity index (χ1) is 10.3. The number of ether oxygens (including phenoxy) is 1. The van der Waals surface area contributed by atoms with Gasteiger partial charge in [0.2, 0.25) is 0 Å². The third-order valence-corrected chi connectivity index (χ3v) is 4.16. The normalized spacial score (nSPS) is 17.0. The summed E-state index contributed by atoms with van der Waals surface area (Å²) in [7, 11) is 1.68. The van der Waals surface area contributed by atoms with Crippen molar-refractivity contribution in [1.82, 2.24) is 19.7 Å². The van der Waals surface area contributed by atoms with Crippen LogP contribution in [-0.2, 0) is 0 Å². The van der Waals surface area contributed by atoms with E-state index in [1.54, 1.807) is 13.4 Å². The second-order valence-corrected chi connectivity index (χ2v) is 5.40. The molecule has 0 saturated carbocycles. The largest absolute Gasteiger partial charge is 0.497 e. The van der Waals surface area contributed by atoms with E-state index in [0.717, 1.165) is 36.8 Å². The van der Waals surface area contributed by atoms with Gasteiger partial charge < -0.3 is 4.74 Å². The third-order valence-electron chi connectivity index (χ3n) is 4.16. The van der Waals surface area contributed by atoms with Crippen LogP contribution in [0.2, 0.25) is 0 Å². The van der Waals surface area contributed by atoms with E-state index < -0.39 is 0 Å². The van der Waals surface area contributed by atoms with E-state index in [1.165, 1.54) is 12.8 Å². The summed E-state index contributed by atoms with van der Waals surface area (Å²) in [6.45, 7) is 4.54. The van der Waals surface area contributed by atoms with Crippen LogP contribution in [0.4, 0.5) is 0 Å². The average molecular weight is 286 g/mol. The summed E-state index contributed by atoms with van der Waals surface area (Å²) in [6, 6.07) is 8.30. The zero-order valence-electron chi connectivity index (χ0n) is 12.7. The highest BCUT2D eigenvalue weighted by Gasteiger charge is 2.26. The first-order valence-electron chi connectivity index (χ1n) is 7.62. The predicted molar refractivity (Wildman–Crippen MR) is 81.8 cm³/mol. The molecule has 1 fully saturated rings. The molecule has 2 aromatic rings. The lowest BCUT2D eigenvalue weighted by Crippen LogP contribution is -2.27. The van der Waals surface area contributed by atoms with Crippen LogP contribution >= 0.6 is 0 Å². The van der Waals surface area contributed by atoms with Crippen LogP contribution in [0.5, 0.6) is 5.75 Å². The van der Waals surface area contributed by atoms with E-state index in [-0.39, 0.29) is 0 Å². The van der Waals surface area contributed by atoms with E-state index >= 15 is 0 Å². The number of aromatic nitrogens is 3. The standard InChI is InChI=1S/C16H22N4O/c1-3-15(19-10-4-5-11-19)16-17-12-18-20(16)13-6-8-14(21-2)9-7-13/h6-9,12,15H,3-5,10-11H2,1-2H3. The van der Waals surface area contributed by atoms with Gasteiger partial charge in [-0.1, -0.05) is 6.92 Å². The monoisotopic (exact) mass is 286 g/mol. The predicted octanol–water partition coefficient (Wildman–Crippen LogP) is 2.82. The molecule has 0 aliphatic carbocycles. The van der Waals surface area contributed by atoms with Gasteiger partial charge in [0.05, 0.1) is 18.8 Å². The van der Waals surface area contributed by atoms with Crippen LogP contribution in [0.15, 0.2) is 30.6 Å². The van der Waals surface area contributed by atoms with Crippen LogP contribution in [0, 0.1) is 0 Å². The van der Waals surface area contributed by atoms with Crippen molar-refractivity contribution in [3.05, 3.63) is 36.4 Å². The minimum atomic E-state index is 0.345. The van der Waals surface area contributed by atoms with Crippen molar-refractivity contribution in [3.8, 4) is 11.4 Å². The van der Waals surface area contributed by atoms with Gasteiger partial charge in [-0.3, -0.25) is 4.90 Å². The Bertz CT molecular complexity index is 572. The molecule has 3 rings (SSSR count). The Hall–Kier alpha value is -1.88. The van der Waals surface area contributed by atoms with Crippen molar-refractivity contribution < 1.29 is 4.74 Å². The molecule has 5 nitrogen and oxygen atoms in total. The molecule has 0 bridgehead atoms. The second-order valence-electron chi connectivity index (χ2n) is 5.40. The maximum atomic E-state index is 5.21. The van der Waals surface area contributed by atoms with Gasteiger partial charge in [0.25, 0.3) is 0 Å². The van der Waals surface area contributed by atoms with Crippen molar-refractivity contribution in [2.75, 3.05) is 20.2 Å². The maximum Gasteiger partial charge on any atom is 0.149 e. The highest BCUT2D eigenvalue weighted by Crippen LogP contribution is 2.28. The molecule has 0 amide bonds. The molecule has 1 aliphatic rings. The molecule has 0 spiro atoms. The summed E-state index contributed by atoms with van der Waals surface area (Å²) in [5.41, 5.74) is 1.03. The van der Waals surface area contributed by atoms with Gasteiger partial charge in [-0.2, -0.15) is 5.10 Å². The molecule has 2 heterocycles. The Morgan fingerprint density at radius 2 is 1.90 bits per heavy atom. The van der Waals surface area contributed by atoms with Crippen molar-refractivity contribution in [2.45, 2.75) is 32.2 Å². The summed E-state index contributed by atoms with van der Waals surface area (Å²) in [5.74, 6) is 1.89. The fraction of sp³-hybridized carbons (Fsp3) is 0.500. The number of nitrogens with zero attached hydrogens (tertiary/aromatic N) is 4. The zero-order chi connectivity index (χ0) is 14.7. The SMILES string of the molecule is CCC(c1ncnn1-c1ccc(OC)cc1)N1CCCC1. The Morgan fingerprint density at radius 1 is 1.19 bits per heavy atom. The molecule has 1 aromatic heterocycles. The molecular formula is C16H22N4O. The van der Waals surface area contributed by atoms with Crippen molar-refractivity contribution in [1.29, 1.82) is 0 Å². The van der Waals surface area contributed by atoms with Crippen molar-refractivity contribution in [3.63, 3.8) is 0 Å². The molecule has 1 aromatic carbocycles. The Balaban J connectivity index is 1.91. The summed E-state index contributed by atoms with van der Waals surface area (Å²) in [6.07, 6.45) is 5.27. The molecule has 1 aliphatic heterocycles. The summed E-state index contributed by atoms with van der Waals surface area (Å²) >= 11 is 0. The van der Waals surface area contributed by atoms with Gasteiger partial charge in [-0.15, -0.1) is 0 Å². The van der Waals surface area contributed by atoms with Crippen molar-refractivity contribution in [2.24, 2.45) is 0 Å². The molecule has 1 atom stereocenters. The van der Waals surface area contributed by atoms with Crippen molar-refractivity contribution >= 4 is 0 Å². The number of hydrogen-bond acceptors (Lipinski definition) is 4. The lowest BCUT2D eigenvalue weighted by Gasteiger charge is -2.25. The number of rotatable bonds is 5. The quantitative estimate of drug-likeness (QED) is 0.847. The minimum Gasteiger partial charge on any atom is -0.497 e. The third kappa shape index (κ3) is 2.78. The average Bonchev–Trinajstić information content (AvgIpc) is 3.20. The fourth-order valence-corrected chi connectivity index (χ4v) is 3.06. The van der Waals surface area contributed by atoms with Crippen LogP contribution < -0.4 is 4.74 Å². The van der Waals surface area contributed by atoms with Crippen LogP contribution in [0.1, 0.15) is 38.1 Å². The van der Waals surface area contributed by atoms with Gasteiger partial charge in [0.1, 0.15) is 17.9 Å². The number of likely N-dealkylation sites (tertiary alicyclic amines) is 1. The molecule has 21 heavy (non-hydrogen) atoms. The summed E-state index contributed by atoms with van der Waals surface area (Å²) < 4.78 is 7.16. The van der Waals surface area contributed by atoms with Crippen LogP contribution in [0.25, 0.3) is 5.69 Å². The van der Waals surface area contributed by atoms with E-state index in [2.05, 4.69) is 21.9 Å². The highest BCUT2D eigenvalue weighted by atomic mass is 16.5. The fourth-order valence-electron chi connectivity index (χ4n) is 3.06. The Labute approximate surface area is 125 Å². The molecule has 1 saturated heterocycles. The summed E-state index contributed by atoms with van der Waals surface area (Å²) in [5, 5.41) is 4.42. The first-order valence-corrected chi connectivity index (χ1v) is 7.62. The maximum absolute atomic E-state index is 5.21. The lowest BCUT2D eigenvalue weighted by molar-refractivity contribution is 0.227. The topological polar surface area (TPSA) is 43.2 Å². The number of hydrogen-bond donors (Lipinski definition) is 0. The highest BCUT2D eigenvalue weighted by molar-refractivity contribution is 5.37. The van der Waals surface area contributed by atoms with Gasteiger partial charge in [0.15, 0.2) is 0 Å². The first kappa shape index (κ1) is 14.1. The smallest absolute Gasteiger partial charge is 0.149 e. The van der Waals surface area contributed by atoms with Crippen LogP contribution in [-0.4, -0.2) is 39.9 Å². The second kappa shape index (κ2) is 6.26. The van der Waals surface area contributed by atoms with Gasteiger partial charge in [-0.25, -0.2) is 9.67 Å². The molecule has 5 heteroatoms. The summed E-state index contributed by atoms with van der Waals surface area (Å²) in [4.78, 5) is 7.05. The Kier molecular flexibility index (Phi) is 4.20. The number of benzene rings is 1. The Morgan fingerprint density at radius 3 is 2.52 bits per heavy atom. The molecule has 0 radical (unpaired) electrons. The van der Waals surface area contributed by atoms with Gasteiger partial charge in [0, 0.05) is 0 Å². The number of methoxy groups -OCH3 is 1. The van der Waals surface area contributed by atoms with E-state index in [4.69, 9.17) is 4.74 Å². The van der Waals surface area contributed by atoms with E-state index in [1.807, 2.05) is 28.9 Å². The van der Waals surface area contributed by atoms with Gasteiger partial charge in [-0.05, 0) is 56.6 Å². The molecular weight excluding hydrogens is 264 g/mol. The zero-order valence-corrected chi connectivity index (χ0v) is 12.7. The molecule has 1 unspecified atom stereocenters. The minimum absolute atomic E-state index is 0.345. The van der Waals surface area contributed by atoms with Gasteiger partial charge >= 0.3 is 0 Å². The molecule has 112 valence electrons. The lowest BCUT2D eigenvalue weighted by atomic mass is 10.2. The molecule has 0 N–H and O–H groups in total.